The number of carbonyl (C=O) groups is 2. The number of amides is 1. The van der Waals surface area contributed by atoms with Gasteiger partial charge < -0.3 is 15.5 Å². The van der Waals surface area contributed by atoms with E-state index in [-0.39, 0.29) is 17.0 Å². The fourth-order valence-corrected chi connectivity index (χ4v) is 2.84. The van der Waals surface area contributed by atoms with Crippen molar-refractivity contribution in [1.82, 2.24) is 5.32 Å². The molecule has 5 nitrogen and oxygen atoms in total. The normalized spacial score (nSPS) is 12.7. The van der Waals surface area contributed by atoms with Crippen LogP contribution in [0.2, 0.25) is 5.02 Å². The minimum Gasteiger partial charge on any atom is -0.479 e. The van der Waals surface area contributed by atoms with Gasteiger partial charge in [0, 0.05) is 0 Å². The molecule has 1 aromatic rings. The molecule has 0 bridgehead atoms. The van der Waals surface area contributed by atoms with Crippen molar-refractivity contribution in [3.63, 3.8) is 0 Å². The average Bonchev–Trinajstić information content (AvgIpc) is 2.47. The summed E-state index contributed by atoms with van der Waals surface area (Å²) in [5.41, 5.74) is -1.09. The van der Waals surface area contributed by atoms with E-state index < -0.39 is 29.3 Å². The Balaban J connectivity index is 2.90. The van der Waals surface area contributed by atoms with Crippen LogP contribution in [0.5, 0.6) is 0 Å². The van der Waals surface area contributed by atoms with Crippen LogP contribution in [0.1, 0.15) is 57.6 Å². The van der Waals surface area contributed by atoms with Crippen LogP contribution in [0, 0.1) is 5.82 Å². The topological polar surface area (TPSA) is 86.6 Å². The summed E-state index contributed by atoms with van der Waals surface area (Å²) >= 11 is 5.58. The Morgan fingerprint density at radius 1 is 1.29 bits per heavy atom. The zero-order valence-corrected chi connectivity index (χ0v) is 14.6. The Hall–Kier alpha value is -1.66. The fraction of sp³-hybridized carbons (Fsp3) is 0.529. The summed E-state index contributed by atoms with van der Waals surface area (Å²) < 4.78 is 13.5. The average molecular weight is 360 g/mol. The third-order valence-corrected chi connectivity index (χ3v) is 4.06. The molecule has 0 aliphatic heterocycles. The second kappa shape index (κ2) is 8.99. The van der Waals surface area contributed by atoms with Gasteiger partial charge in [-0.1, -0.05) is 44.4 Å². The van der Waals surface area contributed by atoms with Crippen molar-refractivity contribution in [3.05, 3.63) is 34.6 Å². The molecule has 0 heterocycles. The van der Waals surface area contributed by atoms with E-state index in [1.807, 2.05) is 13.8 Å². The van der Waals surface area contributed by atoms with Gasteiger partial charge in [-0.15, -0.1) is 0 Å². The van der Waals surface area contributed by atoms with Gasteiger partial charge in [-0.3, -0.25) is 4.79 Å². The molecule has 1 atom stereocenters. The third kappa shape index (κ3) is 5.76. The smallest absolute Gasteiger partial charge is 0.330 e. The summed E-state index contributed by atoms with van der Waals surface area (Å²) in [7, 11) is 0. The first-order valence-corrected chi connectivity index (χ1v) is 8.29. The minimum absolute atomic E-state index is 0.0762. The number of aliphatic hydroxyl groups is 1. The van der Waals surface area contributed by atoms with Gasteiger partial charge in [-0.05, 0) is 30.5 Å². The number of carboxylic acids is 1. The molecule has 1 aromatic carbocycles. The molecular formula is C17H23ClFNO4. The molecule has 3 N–H and O–H groups in total. The quantitative estimate of drug-likeness (QED) is 0.630. The van der Waals surface area contributed by atoms with E-state index in [1.165, 1.54) is 12.1 Å². The van der Waals surface area contributed by atoms with Gasteiger partial charge in [-0.25, -0.2) is 9.18 Å². The van der Waals surface area contributed by atoms with Gasteiger partial charge in [-0.2, -0.15) is 0 Å². The van der Waals surface area contributed by atoms with Gasteiger partial charge in [0.1, 0.15) is 5.82 Å². The van der Waals surface area contributed by atoms with Crippen LogP contribution in [-0.4, -0.2) is 27.7 Å². The van der Waals surface area contributed by atoms with Crippen molar-refractivity contribution in [2.24, 2.45) is 0 Å². The molecule has 0 aliphatic carbocycles. The second-order valence-electron chi connectivity index (χ2n) is 5.91. The molecule has 0 aromatic heterocycles. The highest BCUT2D eigenvalue weighted by molar-refractivity contribution is 6.30. The molecule has 0 spiro atoms. The summed E-state index contributed by atoms with van der Waals surface area (Å²) in [4.78, 5) is 23.6. The lowest BCUT2D eigenvalue weighted by Crippen LogP contribution is -2.40. The summed E-state index contributed by atoms with van der Waals surface area (Å²) in [6.07, 6.45) is 2.10. The Labute approximate surface area is 145 Å². The largest absolute Gasteiger partial charge is 0.479 e. The standard InChI is InChI=1S/C17H23ClFNO4/c1-3-7-17(24,8-4-2)10-14(21)20-15(16(22)23)11-5-6-12(18)13(19)9-11/h5-6,9,15,24H,3-4,7-8,10H2,1-2H3,(H,20,21)(H,22,23). The number of hydrogen-bond acceptors (Lipinski definition) is 3. The Kier molecular flexibility index (Phi) is 7.63. The first kappa shape index (κ1) is 20.4. The maximum atomic E-state index is 13.5. The molecule has 0 saturated carbocycles. The highest BCUT2D eigenvalue weighted by Crippen LogP contribution is 2.25. The number of hydrogen-bond donors (Lipinski definition) is 3. The molecular weight excluding hydrogens is 337 g/mol. The van der Waals surface area contributed by atoms with Crippen LogP contribution < -0.4 is 5.32 Å². The number of carboxylic acid groups (broad SMARTS) is 1. The van der Waals surface area contributed by atoms with Crippen LogP contribution in [0.15, 0.2) is 18.2 Å². The lowest BCUT2D eigenvalue weighted by molar-refractivity contribution is -0.143. The van der Waals surface area contributed by atoms with Crippen LogP contribution >= 0.6 is 11.6 Å². The monoisotopic (exact) mass is 359 g/mol. The molecule has 0 saturated heterocycles. The van der Waals surface area contributed by atoms with Crippen molar-refractivity contribution in [1.29, 1.82) is 0 Å². The number of benzene rings is 1. The number of rotatable bonds is 9. The van der Waals surface area contributed by atoms with Crippen molar-refractivity contribution in [3.8, 4) is 0 Å². The summed E-state index contributed by atoms with van der Waals surface area (Å²) in [6, 6.07) is 2.15. The first-order chi connectivity index (χ1) is 11.2. The Morgan fingerprint density at radius 2 is 1.88 bits per heavy atom. The van der Waals surface area contributed by atoms with E-state index in [0.717, 1.165) is 6.07 Å². The minimum atomic E-state index is -1.41. The van der Waals surface area contributed by atoms with Crippen molar-refractivity contribution < 1.29 is 24.2 Å². The van der Waals surface area contributed by atoms with Crippen molar-refractivity contribution in [2.45, 2.75) is 57.6 Å². The molecule has 0 radical (unpaired) electrons. The number of aliphatic carboxylic acids is 1. The van der Waals surface area contributed by atoms with Gasteiger partial charge in [0.05, 0.1) is 17.0 Å². The molecule has 7 heteroatoms. The molecule has 0 fully saturated rings. The van der Waals surface area contributed by atoms with Crippen molar-refractivity contribution in [2.75, 3.05) is 0 Å². The maximum Gasteiger partial charge on any atom is 0.330 e. The molecule has 0 aliphatic rings. The summed E-state index contributed by atoms with van der Waals surface area (Å²) in [6.45, 7) is 3.80. The first-order valence-electron chi connectivity index (χ1n) is 7.92. The molecule has 1 rings (SSSR count). The highest BCUT2D eigenvalue weighted by atomic mass is 35.5. The predicted octanol–water partition coefficient (Wildman–Crippen LogP) is 3.44. The van der Waals surface area contributed by atoms with Crippen LogP contribution in [0.4, 0.5) is 4.39 Å². The van der Waals surface area contributed by atoms with E-state index in [4.69, 9.17) is 11.6 Å². The Bertz CT molecular complexity index is 588. The third-order valence-electron chi connectivity index (χ3n) is 3.75. The number of halogens is 2. The summed E-state index contributed by atoms with van der Waals surface area (Å²) in [5, 5.41) is 22.0. The Morgan fingerprint density at radius 3 is 2.33 bits per heavy atom. The highest BCUT2D eigenvalue weighted by Gasteiger charge is 2.31. The molecule has 134 valence electrons. The van der Waals surface area contributed by atoms with E-state index in [1.54, 1.807) is 0 Å². The summed E-state index contributed by atoms with van der Waals surface area (Å²) in [5.74, 6) is -2.68. The maximum absolute atomic E-state index is 13.5. The lowest BCUT2D eigenvalue weighted by atomic mass is 9.89. The SMILES string of the molecule is CCCC(O)(CCC)CC(=O)NC(C(=O)O)c1ccc(Cl)c(F)c1. The molecule has 1 unspecified atom stereocenters. The van der Waals surface area contributed by atoms with E-state index >= 15 is 0 Å². The molecule has 1 amide bonds. The zero-order valence-electron chi connectivity index (χ0n) is 13.8. The van der Waals surface area contributed by atoms with Gasteiger partial charge >= 0.3 is 5.97 Å². The zero-order chi connectivity index (χ0) is 18.3. The second-order valence-corrected chi connectivity index (χ2v) is 6.32. The van der Waals surface area contributed by atoms with Crippen LogP contribution in [0.25, 0.3) is 0 Å². The fourth-order valence-electron chi connectivity index (χ4n) is 2.72. The van der Waals surface area contributed by atoms with Gasteiger partial charge in [0.15, 0.2) is 6.04 Å². The predicted molar refractivity (Wildman–Crippen MR) is 89.3 cm³/mol. The van der Waals surface area contributed by atoms with E-state index in [2.05, 4.69) is 5.32 Å². The van der Waals surface area contributed by atoms with E-state index in [9.17, 15) is 24.2 Å². The van der Waals surface area contributed by atoms with Crippen LogP contribution in [-0.2, 0) is 9.59 Å². The number of carbonyl (C=O) groups excluding carboxylic acids is 1. The molecule has 24 heavy (non-hydrogen) atoms. The van der Waals surface area contributed by atoms with Gasteiger partial charge in [0.25, 0.3) is 0 Å². The van der Waals surface area contributed by atoms with Gasteiger partial charge in [0.2, 0.25) is 5.91 Å². The number of nitrogens with one attached hydrogen (secondary N) is 1. The van der Waals surface area contributed by atoms with Crippen LogP contribution in [0.3, 0.4) is 0 Å². The lowest BCUT2D eigenvalue weighted by Gasteiger charge is -2.27. The van der Waals surface area contributed by atoms with Crippen molar-refractivity contribution >= 4 is 23.5 Å². The van der Waals surface area contributed by atoms with E-state index in [0.29, 0.717) is 25.7 Å².